The summed E-state index contributed by atoms with van der Waals surface area (Å²) in [7, 11) is -2.28. The molecule has 0 aliphatic carbocycles. The smallest absolute Gasteiger partial charge is 0.228 e. The molecule has 0 bridgehead atoms. The zero-order valence-electron chi connectivity index (χ0n) is 16.8. The third kappa shape index (κ3) is 7.53. The third-order valence-electron chi connectivity index (χ3n) is 4.08. The van der Waals surface area contributed by atoms with E-state index >= 15 is 0 Å². The van der Waals surface area contributed by atoms with Crippen LogP contribution in [0.5, 0.6) is 5.75 Å². The summed E-state index contributed by atoms with van der Waals surface area (Å²) < 4.78 is 27.3. The Balaban J connectivity index is 2.12. The molecule has 2 rings (SSSR count). The molecule has 0 spiro atoms. The Morgan fingerprint density at radius 3 is 2.41 bits per heavy atom. The largest absolute Gasteiger partial charge is 0.495 e. The molecule has 2 aromatic rings. The van der Waals surface area contributed by atoms with Crippen LogP contribution in [0.2, 0.25) is 0 Å². The summed E-state index contributed by atoms with van der Waals surface area (Å²) in [6.45, 7) is 3.29. The lowest BCUT2D eigenvalue weighted by Gasteiger charge is -2.28. The number of hydrogen-bond donors (Lipinski definition) is 3. The molecule has 12 heteroatoms. The highest BCUT2D eigenvalue weighted by atomic mass is 35.6. The Kier molecular flexibility index (Phi) is 9.18. The molecule has 1 atom stereocenters. The second-order valence-corrected chi connectivity index (χ2v) is 11.0. The molecule has 172 valence electrons. The normalized spacial score (nSPS) is 12.4. The van der Waals surface area contributed by atoms with Crippen LogP contribution in [0.25, 0.3) is 0 Å². The number of amides is 1. The van der Waals surface area contributed by atoms with Crippen LogP contribution in [0.15, 0.2) is 65.4 Å². The monoisotopic (exact) mass is 535 g/mol. The van der Waals surface area contributed by atoms with Crippen molar-refractivity contribution in [3.05, 3.63) is 66.1 Å². The Labute approximate surface area is 207 Å². The highest BCUT2D eigenvalue weighted by molar-refractivity contribution is 7.94. The van der Waals surface area contributed by atoms with Crippen LogP contribution >= 0.6 is 47.0 Å². The zero-order chi connectivity index (χ0) is 23.9. The maximum absolute atomic E-state index is 12.4. The number of sulfone groups is 1. The molecule has 0 heterocycles. The van der Waals surface area contributed by atoms with Gasteiger partial charge in [0.1, 0.15) is 11.9 Å². The second kappa shape index (κ2) is 11.2. The molecule has 0 unspecified atom stereocenters. The zero-order valence-corrected chi connectivity index (χ0v) is 20.7. The van der Waals surface area contributed by atoms with Crippen LogP contribution < -0.4 is 20.7 Å². The van der Waals surface area contributed by atoms with Crippen molar-refractivity contribution in [1.82, 2.24) is 10.6 Å². The van der Waals surface area contributed by atoms with E-state index in [1.165, 1.54) is 25.3 Å². The summed E-state index contributed by atoms with van der Waals surface area (Å²) in [6, 6.07) is 13.2. The Hall–Kier alpha value is -2.04. The van der Waals surface area contributed by atoms with Crippen molar-refractivity contribution in [2.45, 2.75) is 21.3 Å². The minimum Gasteiger partial charge on any atom is -0.495 e. The lowest BCUT2D eigenvalue weighted by molar-refractivity contribution is -0.121. The van der Waals surface area contributed by atoms with Gasteiger partial charge in [-0.2, -0.15) is 0 Å². The van der Waals surface area contributed by atoms with Gasteiger partial charge in [-0.15, -0.1) is 0 Å². The van der Waals surface area contributed by atoms with Crippen LogP contribution in [-0.2, 0) is 21.1 Å². The number of anilines is 1. The number of halogens is 3. The summed E-state index contributed by atoms with van der Waals surface area (Å²) in [5, 5.41) is 8.99. The van der Waals surface area contributed by atoms with Crippen LogP contribution in [0, 0.1) is 0 Å². The van der Waals surface area contributed by atoms with Crippen LogP contribution in [0.3, 0.4) is 0 Å². The van der Waals surface area contributed by atoms with Gasteiger partial charge < -0.3 is 20.7 Å². The highest BCUT2D eigenvalue weighted by Gasteiger charge is 2.34. The first-order valence-corrected chi connectivity index (χ1v) is 12.1. The average Bonchev–Trinajstić information content (AvgIpc) is 2.73. The fraction of sp³-hybridized carbons (Fsp3) is 0.200. The van der Waals surface area contributed by atoms with Crippen molar-refractivity contribution in [2.75, 3.05) is 12.4 Å². The Morgan fingerprint density at radius 2 is 1.84 bits per heavy atom. The first-order chi connectivity index (χ1) is 15.0. The number of ether oxygens (including phenoxy) is 1. The summed E-state index contributed by atoms with van der Waals surface area (Å²) in [4.78, 5) is 12.4. The van der Waals surface area contributed by atoms with Gasteiger partial charge in [-0.1, -0.05) is 71.7 Å². The lowest BCUT2D eigenvalue weighted by atomic mass is 10.1. The van der Waals surface area contributed by atoms with Gasteiger partial charge in [0.2, 0.25) is 9.70 Å². The number of benzene rings is 2. The van der Waals surface area contributed by atoms with E-state index in [1.807, 2.05) is 18.2 Å². The number of carbonyl (C=O) groups excluding carboxylic acids is 1. The molecule has 1 amide bonds. The average molecular weight is 537 g/mol. The topological polar surface area (TPSA) is 96.5 Å². The summed E-state index contributed by atoms with van der Waals surface area (Å²) in [5.74, 6) is -0.185. The van der Waals surface area contributed by atoms with E-state index in [4.69, 9.17) is 51.8 Å². The van der Waals surface area contributed by atoms with Gasteiger partial charge in [-0.05, 0) is 29.9 Å². The predicted octanol–water partition coefficient (Wildman–Crippen LogP) is 3.95. The number of hydrogen-bond acceptors (Lipinski definition) is 5. The molecule has 0 aliphatic rings. The third-order valence-corrected chi connectivity index (χ3v) is 6.31. The standard InChI is InChI=1S/C20H20Cl3N3O4S2/c1-3-32(28,29)14-9-10-15(16(12-14)30-2)24-19(31)26-18(20(21,22)23)25-17(27)11-13-7-5-4-6-8-13/h3-10,12,18H,1,11H2,2H3,(H,25,27)(H2,24,26,31)/t18-/m1/s1. The second-order valence-electron chi connectivity index (χ2n) is 6.38. The molecule has 0 fully saturated rings. The van der Waals surface area contributed by atoms with Crippen LogP contribution in [-0.4, -0.2) is 36.5 Å². The fourth-order valence-corrected chi connectivity index (χ4v) is 3.81. The number of thiocarbonyl (C=S) groups is 1. The van der Waals surface area contributed by atoms with Gasteiger partial charge in [-0.25, -0.2) is 8.42 Å². The number of alkyl halides is 3. The van der Waals surface area contributed by atoms with E-state index in [2.05, 4.69) is 22.5 Å². The van der Waals surface area contributed by atoms with Crippen LogP contribution in [0.1, 0.15) is 5.56 Å². The van der Waals surface area contributed by atoms with Gasteiger partial charge in [0.15, 0.2) is 14.9 Å². The maximum Gasteiger partial charge on any atom is 0.228 e. The van der Waals surface area contributed by atoms with Gasteiger partial charge in [0, 0.05) is 11.5 Å². The molecular formula is C20H20Cl3N3O4S2. The number of carbonyl (C=O) groups is 1. The molecule has 32 heavy (non-hydrogen) atoms. The molecule has 0 aliphatic heterocycles. The summed E-state index contributed by atoms with van der Waals surface area (Å²) in [5.41, 5.74) is 1.14. The summed E-state index contributed by atoms with van der Waals surface area (Å²) in [6.07, 6.45) is -1.08. The predicted molar refractivity (Wildman–Crippen MR) is 132 cm³/mol. The first kappa shape index (κ1) is 26.2. The molecule has 3 N–H and O–H groups in total. The number of rotatable bonds is 8. The van der Waals surface area contributed by atoms with E-state index in [-0.39, 0.29) is 28.1 Å². The van der Waals surface area contributed by atoms with Gasteiger partial charge >= 0.3 is 0 Å². The van der Waals surface area contributed by atoms with Gasteiger partial charge in [0.05, 0.1) is 24.1 Å². The minimum atomic E-state index is -3.65. The lowest BCUT2D eigenvalue weighted by Crippen LogP contribution is -2.56. The Bertz CT molecular complexity index is 1090. The van der Waals surface area contributed by atoms with E-state index in [0.717, 1.165) is 11.0 Å². The van der Waals surface area contributed by atoms with Crippen molar-refractivity contribution in [3.8, 4) is 5.75 Å². The number of methoxy groups -OCH3 is 1. The van der Waals surface area contributed by atoms with Crippen molar-refractivity contribution in [1.29, 1.82) is 0 Å². The van der Waals surface area contributed by atoms with Crippen molar-refractivity contribution in [3.63, 3.8) is 0 Å². The van der Waals surface area contributed by atoms with Crippen LogP contribution in [0.4, 0.5) is 5.69 Å². The molecule has 0 aromatic heterocycles. The first-order valence-electron chi connectivity index (χ1n) is 8.99. The van der Waals surface area contributed by atoms with E-state index < -0.39 is 19.8 Å². The minimum absolute atomic E-state index is 0.000959. The summed E-state index contributed by atoms with van der Waals surface area (Å²) >= 11 is 23.3. The highest BCUT2D eigenvalue weighted by Crippen LogP contribution is 2.30. The molecule has 2 aromatic carbocycles. The molecule has 7 nitrogen and oxygen atoms in total. The number of nitrogens with one attached hydrogen (secondary N) is 3. The van der Waals surface area contributed by atoms with Crippen molar-refractivity contribution in [2.24, 2.45) is 0 Å². The molecule has 0 saturated carbocycles. The van der Waals surface area contributed by atoms with Gasteiger partial charge in [0.25, 0.3) is 0 Å². The SMILES string of the molecule is C=CS(=O)(=O)c1ccc(NC(=S)N[C@@H](NC(=O)Cc2ccccc2)C(Cl)(Cl)Cl)c(OC)c1. The fourth-order valence-electron chi connectivity index (χ4n) is 2.53. The quantitative estimate of drug-likeness (QED) is 0.267. The van der Waals surface area contributed by atoms with Crippen molar-refractivity contribution < 1.29 is 17.9 Å². The van der Waals surface area contributed by atoms with E-state index in [0.29, 0.717) is 5.69 Å². The maximum atomic E-state index is 12.4. The van der Waals surface area contributed by atoms with Gasteiger partial charge in [-0.3, -0.25) is 4.79 Å². The molecule has 0 saturated heterocycles. The molecule has 0 radical (unpaired) electrons. The Morgan fingerprint density at radius 1 is 1.19 bits per heavy atom. The molecular weight excluding hydrogens is 517 g/mol. The van der Waals surface area contributed by atoms with E-state index in [1.54, 1.807) is 12.1 Å². The van der Waals surface area contributed by atoms with E-state index in [9.17, 15) is 13.2 Å². The van der Waals surface area contributed by atoms with Crippen molar-refractivity contribution >= 4 is 73.6 Å².